The second-order valence-corrected chi connectivity index (χ2v) is 10.1. The number of nitrogens with one attached hydrogen (secondary N) is 1. The number of unbranched alkanes of at least 4 members (excludes halogenated alkanes) is 1. The molecule has 1 aliphatic carbocycles. The third kappa shape index (κ3) is 7.74. The molecule has 3 rings (SSSR count). The predicted molar refractivity (Wildman–Crippen MR) is 132 cm³/mol. The van der Waals surface area contributed by atoms with Crippen molar-refractivity contribution in [3.8, 4) is 0 Å². The van der Waals surface area contributed by atoms with Crippen molar-refractivity contribution in [2.75, 3.05) is 25.6 Å². The van der Waals surface area contributed by atoms with E-state index in [0.717, 1.165) is 12.8 Å². The van der Waals surface area contributed by atoms with Gasteiger partial charge in [-0.15, -0.1) is 11.8 Å². The van der Waals surface area contributed by atoms with Crippen molar-refractivity contribution in [3.05, 3.63) is 23.7 Å². The Balaban J connectivity index is 1.63. The van der Waals surface area contributed by atoms with Gasteiger partial charge in [0, 0.05) is 24.5 Å². The van der Waals surface area contributed by atoms with E-state index in [-0.39, 0.29) is 12.5 Å². The number of aliphatic hydroxyl groups excluding tert-OH is 2. The lowest BCUT2D eigenvalue weighted by atomic mass is 10.0. The highest BCUT2D eigenvalue weighted by Crippen LogP contribution is 2.32. The van der Waals surface area contributed by atoms with Crippen LogP contribution in [-0.4, -0.2) is 70.3 Å². The summed E-state index contributed by atoms with van der Waals surface area (Å²) in [6.07, 6.45) is 7.42. The van der Waals surface area contributed by atoms with Crippen molar-refractivity contribution in [1.82, 2.24) is 5.32 Å². The van der Waals surface area contributed by atoms with Gasteiger partial charge in [0.15, 0.2) is 0 Å². The van der Waals surface area contributed by atoms with Crippen LogP contribution < -0.4 is 5.32 Å². The van der Waals surface area contributed by atoms with Gasteiger partial charge in [-0.3, -0.25) is 9.79 Å². The molecule has 34 heavy (non-hydrogen) atoms. The molecule has 2 heterocycles. The van der Waals surface area contributed by atoms with Gasteiger partial charge in [0.2, 0.25) is 12.2 Å². The number of hydrogen-bond acceptors (Lipinski definition) is 9. The fourth-order valence-electron chi connectivity index (χ4n) is 3.45. The molecule has 0 saturated heterocycles. The molecule has 0 radical (unpaired) electrons. The molecule has 0 aromatic carbocycles. The Bertz CT molecular complexity index is 839. The van der Waals surface area contributed by atoms with Gasteiger partial charge < -0.3 is 29.8 Å². The van der Waals surface area contributed by atoms with Crippen molar-refractivity contribution < 1.29 is 29.3 Å². The highest BCUT2D eigenvalue weighted by atomic mass is 32.2. The van der Waals surface area contributed by atoms with Gasteiger partial charge in [0.25, 0.3) is 0 Å². The summed E-state index contributed by atoms with van der Waals surface area (Å²) in [7, 11) is 0. The maximum absolute atomic E-state index is 13.3. The van der Waals surface area contributed by atoms with Crippen LogP contribution in [-0.2, 0) is 19.1 Å². The van der Waals surface area contributed by atoms with E-state index in [1.54, 1.807) is 19.9 Å². The molecule has 0 bridgehead atoms. The first-order valence-electron chi connectivity index (χ1n) is 12.1. The maximum Gasteiger partial charge on any atom is 0.249 e. The summed E-state index contributed by atoms with van der Waals surface area (Å²) < 4.78 is 11.5. The van der Waals surface area contributed by atoms with Crippen LogP contribution in [0.5, 0.6) is 0 Å². The number of amides is 1. The smallest absolute Gasteiger partial charge is 0.249 e. The summed E-state index contributed by atoms with van der Waals surface area (Å²) in [6.45, 7) is 6.82. The lowest BCUT2D eigenvalue weighted by molar-refractivity contribution is -0.126. The second kappa shape index (κ2) is 12.6. The van der Waals surface area contributed by atoms with Crippen LogP contribution in [0.25, 0.3) is 0 Å². The molecule has 1 saturated carbocycles. The third-order valence-electron chi connectivity index (χ3n) is 5.74. The summed E-state index contributed by atoms with van der Waals surface area (Å²) in [4.78, 5) is 23.2. The van der Waals surface area contributed by atoms with Crippen LogP contribution in [0.2, 0.25) is 0 Å². The number of thioether (sulfide) groups is 1. The average Bonchev–Trinajstić information content (AvgIpc) is 3.56. The fraction of sp³-hybridized carbons (Fsp3) is 0.708. The topological polar surface area (TPSA) is 122 Å². The van der Waals surface area contributed by atoms with E-state index >= 15 is 0 Å². The monoisotopic (exact) mass is 495 g/mol. The molecule has 0 aromatic heterocycles. The maximum atomic E-state index is 13.3. The van der Waals surface area contributed by atoms with Gasteiger partial charge >= 0.3 is 0 Å². The number of ether oxygens (including phenoxy) is 2. The number of aliphatic hydroxyl groups is 2. The van der Waals surface area contributed by atoms with Crippen molar-refractivity contribution in [2.45, 2.75) is 77.2 Å². The molecule has 3 atom stereocenters. The first-order chi connectivity index (χ1) is 16.3. The van der Waals surface area contributed by atoms with Crippen LogP contribution in [0.4, 0.5) is 0 Å². The van der Waals surface area contributed by atoms with Crippen molar-refractivity contribution in [1.29, 1.82) is 0 Å². The van der Waals surface area contributed by atoms with E-state index in [1.165, 1.54) is 30.7 Å². The number of oxime groups is 1. The van der Waals surface area contributed by atoms with E-state index in [4.69, 9.17) is 19.4 Å². The summed E-state index contributed by atoms with van der Waals surface area (Å²) >= 11 is 1.47. The molecule has 3 N–H and O–H groups in total. The number of nitrogens with zero attached hydrogens (tertiary/aromatic N) is 2. The zero-order chi connectivity index (χ0) is 24.6. The molecule has 3 aliphatic rings. The zero-order valence-corrected chi connectivity index (χ0v) is 21.1. The highest BCUT2D eigenvalue weighted by Gasteiger charge is 2.40. The largest absolute Gasteiger partial charge is 0.493 e. The standard InChI is InChI=1S/C24H37N3O6S/c1-4-7-19(20-12-18(13-21(29)33-20)31-14-17-8-9-17)25-23(30)24(3)15-34-22(26-24)16(2)27-32-11-6-5-10-28/h12-13,17,19,21,28-29H,4-11,14-15H2,1-3H3,(H,25,30)/b27-16+/t19-,21?,24?/m1/s1. The third-order valence-corrected chi connectivity index (χ3v) is 7.11. The Morgan fingerprint density at radius 1 is 1.44 bits per heavy atom. The Labute approximate surface area is 205 Å². The Hall–Kier alpha value is -2.04. The Morgan fingerprint density at radius 2 is 2.24 bits per heavy atom. The van der Waals surface area contributed by atoms with E-state index in [2.05, 4.69) is 15.5 Å². The predicted octanol–water partition coefficient (Wildman–Crippen LogP) is 2.88. The van der Waals surface area contributed by atoms with Crippen molar-refractivity contribution in [3.63, 3.8) is 0 Å². The van der Waals surface area contributed by atoms with Gasteiger partial charge in [-0.05, 0) is 51.9 Å². The normalized spacial score (nSPS) is 25.6. The summed E-state index contributed by atoms with van der Waals surface area (Å²) in [5.41, 5.74) is -0.325. The molecular weight excluding hydrogens is 458 g/mol. The minimum atomic E-state index is -1.11. The van der Waals surface area contributed by atoms with E-state index in [9.17, 15) is 9.90 Å². The molecule has 1 fully saturated rings. The molecular formula is C24H37N3O6S. The van der Waals surface area contributed by atoms with Crippen LogP contribution in [0, 0.1) is 5.92 Å². The SMILES string of the molecule is CCC[C@@H](NC(=O)C1(C)CSC(/C(C)=N/OCCCCO)=N1)C1=CC(OCC2CC2)=CC(O)O1. The summed E-state index contributed by atoms with van der Waals surface area (Å²) in [5.74, 6) is 1.93. The first kappa shape index (κ1) is 26.6. The Kier molecular flexibility index (Phi) is 9.85. The zero-order valence-electron chi connectivity index (χ0n) is 20.3. The van der Waals surface area contributed by atoms with E-state index in [1.807, 2.05) is 6.92 Å². The minimum Gasteiger partial charge on any atom is -0.493 e. The van der Waals surface area contributed by atoms with Gasteiger partial charge in [0.05, 0.1) is 12.6 Å². The summed E-state index contributed by atoms with van der Waals surface area (Å²) in [5, 5.41) is 26.8. The molecule has 1 amide bonds. The number of rotatable bonds is 14. The van der Waals surface area contributed by atoms with Crippen LogP contribution in [0.1, 0.15) is 59.3 Å². The summed E-state index contributed by atoms with van der Waals surface area (Å²) in [6, 6.07) is -0.397. The molecule has 2 unspecified atom stereocenters. The average molecular weight is 496 g/mol. The molecule has 0 spiro atoms. The van der Waals surface area contributed by atoms with Gasteiger partial charge in [-0.1, -0.05) is 18.5 Å². The number of carbonyl (C=O) groups excluding carboxylic acids is 1. The quantitative estimate of drug-likeness (QED) is 0.192. The van der Waals surface area contributed by atoms with E-state index in [0.29, 0.717) is 60.0 Å². The van der Waals surface area contributed by atoms with Gasteiger partial charge in [-0.25, -0.2) is 0 Å². The van der Waals surface area contributed by atoms with Gasteiger partial charge in [-0.2, -0.15) is 0 Å². The van der Waals surface area contributed by atoms with Crippen molar-refractivity contribution >= 4 is 28.4 Å². The van der Waals surface area contributed by atoms with Crippen LogP contribution in [0.3, 0.4) is 0 Å². The van der Waals surface area contributed by atoms with Crippen molar-refractivity contribution in [2.24, 2.45) is 16.1 Å². The first-order valence-corrected chi connectivity index (χ1v) is 13.1. The molecule has 9 nitrogen and oxygen atoms in total. The highest BCUT2D eigenvalue weighted by molar-refractivity contribution is 8.16. The lowest BCUT2D eigenvalue weighted by Crippen LogP contribution is -2.49. The Morgan fingerprint density at radius 3 is 2.94 bits per heavy atom. The van der Waals surface area contributed by atoms with Crippen LogP contribution >= 0.6 is 11.8 Å². The second-order valence-electron chi connectivity index (χ2n) is 9.11. The van der Waals surface area contributed by atoms with Gasteiger partial charge in [0.1, 0.15) is 34.4 Å². The molecule has 2 aliphatic heterocycles. The minimum absolute atomic E-state index is 0.132. The van der Waals surface area contributed by atoms with E-state index < -0.39 is 17.9 Å². The fourth-order valence-corrected chi connectivity index (χ4v) is 4.58. The lowest BCUT2D eigenvalue weighted by Gasteiger charge is -2.29. The number of hydrogen-bond donors (Lipinski definition) is 3. The molecule has 0 aromatic rings. The number of carbonyl (C=O) groups is 1. The molecule has 10 heteroatoms. The number of aliphatic imine (C=N–C) groups is 1. The van der Waals surface area contributed by atoms with Crippen LogP contribution in [0.15, 0.2) is 33.8 Å². The number of allylic oxidation sites excluding steroid dienone is 1. The molecule has 190 valence electrons.